The first-order valence-electron chi connectivity index (χ1n) is 7.98. The van der Waals surface area contributed by atoms with Crippen LogP contribution in [-0.2, 0) is 0 Å². The van der Waals surface area contributed by atoms with Gasteiger partial charge in [0, 0.05) is 5.56 Å². The zero-order chi connectivity index (χ0) is 18.5. The number of Topliss-reactive ketones (excluding diaryl/α,β-unsaturated/α-hetero) is 1. The van der Waals surface area contributed by atoms with Gasteiger partial charge in [0.25, 0.3) is 0 Å². The van der Waals surface area contributed by atoms with Crippen LogP contribution >= 0.6 is 11.8 Å². The van der Waals surface area contributed by atoms with Gasteiger partial charge in [-0.1, -0.05) is 34.7 Å². The van der Waals surface area contributed by atoms with E-state index in [9.17, 15) is 4.79 Å². The monoisotopic (exact) mass is 369 g/mol. The Bertz CT molecular complexity index is 907. The number of carbonyl (C=O) groups excluding carboxylic acids is 1. The lowest BCUT2D eigenvalue weighted by atomic mass is 10.1. The van der Waals surface area contributed by atoms with Gasteiger partial charge in [0.2, 0.25) is 0 Å². The van der Waals surface area contributed by atoms with E-state index in [1.807, 2.05) is 31.2 Å². The Morgan fingerprint density at radius 2 is 1.81 bits per heavy atom. The van der Waals surface area contributed by atoms with Gasteiger partial charge in [0.15, 0.2) is 17.3 Å². The van der Waals surface area contributed by atoms with E-state index in [4.69, 9.17) is 9.47 Å². The van der Waals surface area contributed by atoms with Crippen LogP contribution in [0.1, 0.15) is 15.9 Å². The minimum atomic E-state index is -0.00684. The Morgan fingerprint density at radius 3 is 2.50 bits per heavy atom. The van der Waals surface area contributed by atoms with Crippen LogP contribution in [0.4, 0.5) is 0 Å². The fraction of sp³-hybridized carbons (Fsp3) is 0.211. The van der Waals surface area contributed by atoms with E-state index in [0.29, 0.717) is 17.1 Å². The highest BCUT2D eigenvalue weighted by atomic mass is 32.2. The van der Waals surface area contributed by atoms with Crippen molar-refractivity contribution in [2.75, 3.05) is 20.0 Å². The first-order chi connectivity index (χ1) is 12.6. The van der Waals surface area contributed by atoms with E-state index in [1.165, 1.54) is 17.3 Å². The fourth-order valence-electron chi connectivity index (χ4n) is 2.42. The van der Waals surface area contributed by atoms with E-state index in [0.717, 1.165) is 10.7 Å². The van der Waals surface area contributed by atoms with Crippen molar-refractivity contribution in [1.82, 2.24) is 15.0 Å². The van der Waals surface area contributed by atoms with Crippen molar-refractivity contribution in [2.24, 2.45) is 0 Å². The number of aryl methyl sites for hydroxylation is 1. The van der Waals surface area contributed by atoms with E-state index in [-0.39, 0.29) is 11.5 Å². The maximum Gasteiger partial charge on any atom is 0.173 e. The molecule has 26 heavy (non-hydrogen) atoms. The molecule has 0 bridgehead atoms. The van der Waals surface area contributed by atoms with Gasteiger partial charge < -0.3 is 9.47 Å². The number of ether oxygens (including phenoxy) is 2. The Kier molecular flexibility index (Phi) is 5.58. The van der Waals surface area contributed by atoms with Crippen LogP contribution in [0.25, 0.3) is 5.69 Å². The van der Waals surface area contributed by atoms with Gasteiger partial charge in [-0.05, 0) is 37.3 Å². The van der Waals surface area contributed by atoms with Crippen LogP contribution < -0.4 is 9.47 Å². The molecule has 1 heterocycles. The third-order valence-corrected chi connectivity index (χ3v) is 4.83. The Hall–Kier alpha value is -2.80. The number of hydrogen-bond acceptors (Lipinski definition) is 6. The number of aromatic nitrogens is 3. The van der Waals surface area contributed by atoms with Crippen LogP contribution in [-0.4, -0.2) is 40.7 Å². The van der Waals surface area contributed by atoms with E-state index >= 15 is 0 Å². The van der Waals surface area contributed by atoms with Crippen LogP contribution in [0.2, 0.25) is 0 Å². The maximum atomic E-state index is 12.5. The quantitative estimate of drug-likeness (QED) is 0.469. The maximum absolute atomic E-state index is 12.5. The molecule has 0 N–H and O–H groups in total. The SMILES string of the molecule is COc1ccc(C(=O)CSc2cnnn2-c2ccc(C)cc2)cc1OC. The molecule has 2 aromatic carbocycles. The molecule has 7 heteroatoms. The summed E-state index contributed by atoms with van der Waals surface area (Å²) in [4.78, 5) is 12.5. The third-order valence-electron chi connectivity index (χ3n) is 3.85. The summed E-state index contributed by atoms with van der Waals surface area (Å²) in [6, 6.07) is 13.1. The van der Waals surface area contributed by atoms with Crippen molar-refractivity contribution in [3.8, 4) is 17.2 Å². The molecule has 3 rings (SSSR count). The van der Waals surface area contributed by atoms with Gasteiger partial charge in [-0.15, -0.1) is 5.10 Å². The first-order valence-corrected chi connectivity index (χ1v) is 8.96. The average Bonchev–Trinajstić information content (AvgIpc) is 3.14. The Morgan fingerprint density at radius 1 is 1.08 bits per heavy atom. The molecule has 3 aromatic rings. The van der Waals surface area contributed by atoms with E-state index in [2.05, 4.69) is 10.3 Å². The summed E-state index contributed by atoms with van der Waals surface area (Å²) in [5.74, 6) is 1.40. The molecule has 1 aromatic heterocycles. The molecule has 0 saturated carbocycles. The topological polar surface area (TPSA) is 66.2 Å². The number of nitrogens with zero attached hydrogens (tertiary/aromatic N) is 3. The van der Waals surface area contributed by atoms with Gasteiger partial charge in [-0.25, -0.2) is 4.68 Å². The van der Waals surface area contributed by atoms with Crippen molar-refractivity contribution >= 4 is 17.5 Å². The second kappa shape index (κ2) is 8.05. The number of rotatable bonds is 7. The molecule has 0 aliphatic rings. The molecule has 6 nitrogen and oxygen atoms in total. The summed E-state index contributed by atoms with van der Waals surface area (Å²) in [6.07, 6.45) is 1.66. The van der Waals surface area contributed by atoms with Gasteiger partial charge in [0.1, 0.15) is 5.03 Å². The zero-order valence-electron chi connectivity index (χ0n) is 14.8. The van der Waals surface area contributed by atoms with Gasteiger partial charge >= 0.3 is 0 Å². The lowest BCUT2D eigenvalue weighted by Crippen LogP contribution is -2.05. The Balaban J connectivity index is 1.73. The number of carbonyl (C=O) groups is 1. The first kappa shape index (κ1) is 18.0. The highest BCUT2D eigenvalue weighted by Gasteiger charge is 2.13. The number of methoxy groups -OCH3 is 2. The van der Waals surface area contributed by atoms with Gasteiger partial charge in [-0.2, -0.15) is 0 Å². The number of benzene rings is 2. The molecular weight excluding hydrogens is 350 g/mol. The average molecular weight is 369 g/mol. The normalized spacial score (nSPS) is 10.6. The van der Waals surface area contributed by atoms with Gasteiger partial charge in [0.05, 0.1) is 31.9 Å². The highest BCUT2D eigenvalue weighted by Crippen LogP contribution is 2.29. The molecular formula is C19H19N3O3S. The molecule has 0 fully saturated rings. The summed E-state index contributed by atoms with van der Waals surface area (Å²) in [6.45, 7) is 2.03. The molecule has 0 atom stereocenters. The standard InChI is InChI=1S/C19H19N3O3S/c1-13-4-7-15(8-5-13)22-19(11-20-21-22)26-12-16(23)14-6-9-17(24-2)18(10-14)25-3/h4-11H,12H2,1-3H3. The van der Waals surface area contributed by atoms with E-state index in [1.54, 1.807) is 43.3 Å². The molecule has 0 unspecified atom stereocenters. The number of hydrogen-bond donors (Lipinski definition) is 0. The third kappa shape index (κ3) is 3.88. The Labute approximate surface area is 156 Å². The lowest BCUT2D eigenvalue weighted by molar-refractivity contribution is 0.102. The van der Waals surface area contributed by atoms with Crippen LogP contribution in [0.15, 0.2) is 53.7 Å². The van der Waals surface area contributed by atoms with Crippen molar-refractivity contribution in [3.05, 3.63) is 59.8 Å². The van der Waals surface area contributed by atoms with Crippen molar-refractivity contribution in [1.29, 1.82) is 0 Å². The van der Waals surface area contributed by atoms with Gasteiger partial charge in [-0.3, -0.25) is 4.79 Å². The smallest absolute Gasteiger partial charge is 0.173 e. The molecule has 134 valence electrons. The van der Waals surface area contributed by atoms with Crippen LogP contribution in [0, 0.1) is 6.92 Å². The molecule has 0 radical (unpaired) electrons. The summed E-state index contributed by atoms with van der Waals surface area (Å²) in [5, 5.41) is 8.89. The van der Waals surface area contributed by atoms with Crippen molar-refractivity contribution in [2.45, 2.75) is 11.9 Å². The molecule has 0 spiro atoms. The fourth-order valence-corrected chi connectivity index (χ4v) is 3.25. The van der Waals surface area contributed by atoms with Crippen molar-refractivity contribution < 1.29 is 14.3 Å². The second-order valence-corrected chi connectivity index (χ2v) is 6.60. The molecule has 0 aliphatic heterocycles. The summed E-state index contributed by atoms with van der Waals surface area (Å²) in [7, 11) is 3.11. The predicted octanol–water partition coefficient (Wildman–Crippen LogP) is 3.57. The second-order valence-electron chi connectivity index (χ2n) is 5.60. The summed E-state index contributed by atoms with van der Waals surface area (Å²) in [5.41, 5.74) is 2.66. The lowest BCUT2D eigenvalue weighted by Gasteiger charge is -2.09. The zero-order valence-corrected chi connectivity index (χ0v) is 15.6. The molecule has 0 saturated heterocycles. The largest absolute Gasteiger partial charge is 0.493 e. The minimum Gasteiger partial charge on any atom is -0.493 e. The number of thioether (sulfide) groups is 1. The summed E-state index contributed by atoms with van der Waals surface area (Å²) >= 11 is 1.40. The van der Waals surface area contributed by atoms with E-state index < -0.39 is 0 Å². The summed E-state index contributed by atoms with van der Waals surface area (Å²) < 4.78 is 12.2. The highest BCUT2D eigenvalue weighted by molar-refractivity contribution is 7.99. The predicted molar refractivity (Wildman–Crippen MR) is 101 cm³/mol. The van der Waals surface area contributed by atoms with Crippen LogP contribution in [0.3, 0.4) is 0 Å². The van der Waals surface area contributed by atoms with Crippen LogP contribution in [0.5, 0.6) is 11.5 Å². The van der Waals surface area contributed by atoms with Crippen molar-refractivity contribution in [3.63, 3.8) is 0 Å². The molecule has 0 amide bonds. The molecule has 0 aliphatic carbocycles. The number of ketones is 1. The minimum absolute atomic E-state index is 0.00684.